The Kier molecular flexibility index (Phi) is 6.52. The number of likely N-dealkylation sites (tertiary alicyclic amines) is 1. The van der Waals surface area contributed by atoms with Crippen LogP contribution in [0.15, 0.2) is 54.1 Å². The number of likely N-dealkylation sites (N-methyl/N-ethyl adjacent to an activating group) is 1. The van der Waals surface area contributed by atoms with Crippen LogP contribution >= 0.6 is 0 Å². The van der Waals surface area contributed by atoms with E-state index in [-0.39, 0.29) is 17.9 Å². The summed E-state index contributed by atoms with van der Waals surface area (Å²) in [6.45, 7) is 3.12. The highest BCUT2D eigenvalue weighted by Gasteiger charge is 2.45. The lowest BCUT2D eigenvalue weighted by atomic mass is 9.95. The van der Waals surface area contributed by atoms with Gasteiger partial charge >= 0.3 is 0 Å². The van der Waals surface area contributed by atoms with Gasteiger partial charge in [0.1, 0.15) is 17.3 Å². The Labute approximate surface area is 175 Å². The van der Waals surface area contributed by atoms with Crippen LogP contribution in [0.3, 0.4) is 0 Å². The van der Waals surface area contributed by atoms with Gasteiger partial charge in [-0.15, -0.1) is 0 Å². The average Bonchev–Trinajstić information content (AvgIpc) is 2.97. The lowest BCUT2D eigenvalue weighted by Gasteiger charge is -2.26. The fourth-order valence-corrected chi connectivity index (χ4v) is 3.47. The first-order chi connectivity index (χ1) is 14.3. The number of ether oxygens (including phenoxy) is 1. The minimum atomic E-state index is -0.804. The quantitative estimate of drug-likeness (QED) is 0.430. The number of nitrogens with zero attached hydrogens (tertiary/aromatic N) is 2. The molecule has 6 nitrogen and oxygen atoms in total. The molecule has 1 aliphatic rings. The van der Waals surface area contributed by atoms with Crippen LogP contribution in [-0.2, 0) is 9.59 Å². The third-order valence-corrected chi connectivity index (χ3v) is 4.93. The summed E-state index contributed by atoms with van der Waals surface area (Å²) in [7, 11) is 3.73. The van der Waals surface area contributed by atoms with Crippen LogP contribution in [0.2, 0.25) is 0 Å². The highest BCUT2D eigenvalue weighted by atomic mass is 19.1. The van der Waals surface area contributed by atoms with E-state index >= 15 is 0 Å². The van der Waals surface area contributed by atoms with Crippen molar-refractivity contribution in [3.8, 4) is 5.75 Å². The normalized spacial score (nSPS) is 18.3. The second-order valence-electron chi connectivity index (χ2n) is 7.31. The minimum Gasteiger partial charge on any atom is -0.507 e. The third kappa shape index (κ3) is 4.36. The zero-order valence-electron chi connectivity index (χ0n) is 17.3. The van der Waals surface area contributed by atoms with Crippen molar-refractivity contribution >= 4 is 17.4 Å². The molecule has 1 unspecified atom stereocenters. The number of aliphatic hydroxyl groups excluding tert-OH is 1. The second kappa shape index (κ2) is 9.09. The van der Waals surface area contributed by atoms with Crippen LogP contribution in [0.4, 0.5) is 4.39 Å². The molecule has 1 amide bonds. The summed E-state index contributed by atoms with van der Waals surface area (Å²) in [6.07, 6.45) is 0. The van der Waals surface area contributed by atoms with Crippen LogP contribution in [0.5, 0.6) is 5.75 Å². The van der Waals surface area contributed by atoms with E-state index in [2.05, 4.69) is 0 Å². The van der Waals surface area contributed by atoms with Gasteiger partial charge in [-0.25, -0.2) is 4.39 Å². The van der Waals surface area contributed by atoms with Crippen LogP contribution < -0.4 is 4.74 Å². The molecule has 1 aliphatic heterocycles. The summed E-state index contributed by atoms with van der Waals surface area (Å²) in [4.78, 5) is 29.0. The standard InChI is InChI=1S/C23H25FN2O4/c1-4-30-18-7-5-6-16(14-18)21(27)19-20(15-8-10-17(24)11-9-15)26(13-12-25(2)3)23(29)22(19)28/h5-11,14,20,27H,4,12-13H2,1-3H3/b21-19+. The van der Waals surface area contributed by atoms with E-state index in [1.807, 2.05) is 25.9 Å². The number of hydrogen-bond donors (Lipinski definition) is 1. The van der Waals surface area contributed by atoms with Crippen molar-refractivity contribution in [2.24, 2.45) is 0 Å². The first-order valence-electron chi connectivity index (χ1n) is 9.75. The average molecular weight is 412 g/mol. The monoisotopic (exact) mass is 412 g/mol. The number of halogens is 1. The zero-order valence-corrected chi connectivity index (χ0v) is 17.3. The number of Topliss-reactive ketones (excluding diaryl/α,β-unsaturated/α-hetero) is 1. The van der Waals surface area contributed by atoms with Gasteiger partial charge in [-0.2, -0.15) is 0 Å². The maximum atomic E-state index is 13.5. The molecule has 1 saturated heterocycles. The SMILES string of the molecule is CCOc1cccc(/C(O)=C2\C(=O)C(=O)N(CCN(C)C)C2c2ccc(F)cc2)c1. The number of benzene rings is 2. The molecule has 30 heavy (non-hydrogen) atoms. The molecular weight excluding hydrogens is 387 g/mol. The van der Waals surface area contributed by atoms with E-state index in [1.165, 1.54) is 29.2 Å². The highest BCUT2D eigenvalue weighted by Crippen LogP contribution is 2.39. The molecule has 158 valence electrons. The number of hydrogen-bond acceptors (Lipinski definition) is 5. The molecule has 0 radical (unpaired) electrons. The predicted molar refractivity (Wildman–Crippen MR) is 112 cm³/mol. The first-order valence-corrected chi connectivity index (χ1v) is 9.75. The van der Waals surface area contributed by atoms with Crippen LogP contribution in [-0.4, -0.2) is 60.4 Å². The van der Waals surface area contributed by atoms with Crippen LogP contribution in [0.1, 0.15) is 24.1 Å². The van der Waals surface area contributed by atoms with Gasteiger partial charge in [0.15, 0.2) is 0 Å². The van der Waals surface area contributed by atoms with E-state index in [0.717, 1.165) is 0 Å². The molecule has 1 fully saturated rings. The largest absolute Gasteiger partial charge is 0.507 e. The number of rotatable bonds is 7. The highest BCUT2D eigenvalue weighted by molar-refractivity contribution is 6.46. The summed E-state index contributed by atoms with van der Waals surface area (Å²) in [5.41, 5.74) is 0.912. The number of carbonyl (C=O) groups excluding carboxylic acids is 2. The Morgan fingerprint density at radius 2 is 1.87 bits per heavy atom. The second-order valence-corrected chi connectivity index (χ2v) is 7.31. The molecular formula is C23H25FN2O4. The fourth-order valence-electron chi connectivity index (χ4n) is 3.47. The molecule has 0 aromatic heterocycles. The smallest absolute Gasteiger partial charge is 0.295 e. The summed E-state index contributed by atoms with van der Waals surface area (Å²) in [6, 6.07) is 11.5. The van der Waals surface area contributed by atoms with E-state index < -0.39 is 23.5 Å². The molecule has 0 aliphatic carbocycles. The maximum absolute atomic E-state index is 13.5. The third-order valence-electron chi connectivity index (χ3n) is 4.93. The summed E-state index contributed by atoms with van der Waals surface area (Å²) >= 11 is 0. The Hall–Kier alpha value is -3.19. The van der Waals surface area contributed by atoms with Gasteiger partial charge in [-0.05, 0) is 50.8 Å². The number of ketones is 1. The Bertz CT molecular complexity index is 969. The van der Waals surface area contributed by atoms with Gasteiger partial charge in [0.05, 0.1) is 18.2 Å². The topological polar surface area (TPSA) is 70.1 Å². The molecule has 1 N–H and O–H groups in total. The van der Waals surface area contributed by atoms with E-state index in [9.17, 15) is 19.1 Å². The molecule has 2 aromatic rings. The van der Waals surface area contributed by atoms with Crippen molar-refractivity contribution in [1.82, 2.24) is 9.80 Å². The minimum absolute atomic E-state index is 0.0148. The fraction of sp³-hybridized carbons (Fsp3) is 0.304. The van der Waals surface area contributed by atoms with Crippen LogP contribution in [0, 0.1) is 5.82 Å². The van der Waals surface area contributed by atoms with E-state index in [0.29, 0.717) is 30.0 Å². The predicted octanol–water partition coefficient (Wildman–Crippen LogP) is 3.21. The van der Waals surface area contributed by atoms with Crippen molar-refractivity contribution in [2.45, 2.75) is 13.0 Å². The molecule has 0 bridgehead atoms. The van der Waals surface area contributed by atoms with Gasteiger partial charge < -0.3 is 19.6 Å². The number of carbonyl (C=O) groups is 2. The molecule has 3 rings (SSSR count). The summed E-state index contributed by atoms with van der Waals surface area (Å²) in [5, 5.41) is 11.0. The summed E-state index contributed by atoms with van der Waals surface area (Å²) in [5.74, 6) is -1.61. The molecule has 2 aromatic carbocycles. The van der Waals surface area contributed by atoms with Gasteiger partial charge in [-0.3, -0.25) is 9.59 Å². The number of amides is 1. The van der Waals surface area contributed by atoms with Gasteiger partial charge in [0, 0.05) is 18.7 Å². The molecule has 7 heteroatoms. The lowest BCUT2D eigenvalue weighted by molar-refractivity contribution is -0.140. The van der Waals surface area contributed by atoms with Gasteiger partial charge in [0.2, 0.25) is 0 Å². The lowest BCUT2D eigenvalue weighted by Crippen LogP contribution is -2.35. The summed E-state index contributed by atoms with van der Waals surface area (Å²) < 4.78 is 19.0. The Balaban J connectivity index is 2.12. The van der Waals surface area contributed by atoms with Crippen molar-refractivity contribution in [3.63, 3.8) is 0 Å². The van der Waals surface area contributed by atoms with Crippen molar-refractivity contribution < 1.29 is 23.8 Å². The van der Waals surface area contributed by atoms with Gasteiger partial charge in [0.25, 0.3) is 11.7 Å². The van der Waals surface area contributed by atoms with Crippen LogP contribution in [0.25, 0.3) is 5.76 Å². The molecule has 1 atom stereocenters. The van der Waals surface area contributed by atoms with Crippen molar-refractivity contribution in [1.29, 1.82) is 0 Å². The zero-order chi connectivity index (χ0) is 21.8. The molecule has 1 heterocycles. The Morgan fingerprint density at radius 1 is 1.17 bits per heavy atom. The molecule has 0 saturated carbocycles. The first kappa shape index (κ1) is 21.5. The van der Waals surface area contributed by atoms with Gasteiger partial charge in [-0.1, -0.05) is 24.3 Å². The van der Waals surface area contributed by atoms with E-state index in [4.69, 9.17) is 4.74 Å². The maximum Gasteiger partial charge on any atom is 0.295 e. The Morgan fingerprint density at radius 3 is 2.50 bits per heavy atom. The molecule has 0 spiro atoms. The number of aliphatic hydroxyl groups is 1. The van der Waals surface area contributed by atoms with E-state index in [1.54, 1.807) is 24.3 Å². The van der Waals surface area contributed by atoms with Crippen molar-refractivity contribution in [2.75, 3.05) is 33.8 Å². The van der Waals surface area contributed by atoms with Crippen molar-refractivity contribution in [3.05, 3.63) is 71.0 Å².